The highest BCUT2D eigenvalue weighted by atomic mass is 16.3. The Hall–Kier alpha value is -1.96. The fraction of sp³-hybridized carbons (Fsp3) is 0.333. The number of aromatic hydroxyl groups is 1. The van der Waals surface area contributed by atoms with Gasteiger partial charge < -0.3 is 10.4 Å². The van der Waals surface area contributed by atoms with Gasteiger partial charge in [-0.15, -0.1) is 0 Å². The minimum atomic E-state index is 0.121. The molecule has 0 aliphatic rings. The Kier molecular flexibility index (Phi) is 4.67. The Morgan fingerprint density at radius 2 is 1.55 bits per heavy atom. The average molecular weight is 269 g/mol. The first-order valence-corrected chi connectivity index (χ1v) is 7.26. The third kappa shape index (κ3) is 3.13. The van der Waals surface area contributed by atoms with Crippen LogP contribution in [0.4, 0.5) is 5.69 Å². The van der Waals surface area contributed by atoms with Crippen LogP contribution in [0.2, 0.25) is 0 Å². The zero-order valence-electron chi connectivity index (χ0n) is 12.4. The molecule has 0 aromatic heterocycles. The molecule has 0 bridgehead atoms. The van der Waals surface area contributed by atoms with Crippen LogP contribution in [-0.4, -0.2) is 5.11 Å². The Labute approximate surface area is 121 Å². The molecule has 0 heterocycles. The second kappa shape index (κ2) is 6.47. The highest BCUT2D eigenvalue weighted by Gasteiger charge is 2.15. The molecule has 0 saturated heterocycles. The van der Waals surface area contributed by atoms with Gasteiger partial charge in [0.25, 0.3) is 0 Å². The average Bonchev–Trinajstić information content (AvgIpc) is 2.46. The molecule has 2 aromatic rings. The molecule has 1 unspecified atom stereocenters. The van der Waals surface area contributed by atoms with Crippen molar-refractivity contribution in [3.05, 3.63) is 59.7 Å². The van der Waals surface area contributed by atoms with Crippen molar-refractivity contribution in [2.75, 3.05) is 5.32 Å². The Morgan fingerprint density at radius 1 is 0.950 bits per heavy atom. The second-order valence-corrected chi connectivity index (χ2v) is 5.41. The summed E-state index contributed by atoms with van der Waals surface area (Å²) in [5.41, 5.74) is 3.41. The van der Waals surface area contributed by atoms with E-state index in [-0.39, 0.29) is 6.04 Å². The van der Waals surface area contributed by atoms with Gasteiger partial charge in [-0.2, -0.15) is 0 Å². The van der Waals surface area contributed by atoms with E-state index in [1.54, 1.807) is 6.07 Å². The number of phenols is 1. The van der Waals surface area contributed by atoms with Crippen molar-refractivity contribution in [3.8, 4) is 5.75 Å². The van der Waals surface area contributed by atoms with E-state index in [0.717, 1.165) is 17.7 Å². The Morgan fingerprint density at radius 3 is 2.15 bits per heavy atom. The molecule has 2 nitrogen and oxygen atoms in total. The largest absolute Gasteiger partial charge is 0.508 e. The van der Waals surface area contributed by atoms with E-state index in [1.165, 1.54) is 5.56 Å². The highest BCUT2D eigenvalue weighted by Crippen LogP contribution is 2.32. The van der Waals surface area contributed by atoms with Gasteiger partial charge in [-0.25, -0.2) is 0 Å². The van der Waals surface area contributed by atoms with Crippen LogP contribution in [0.5, 0.6) is 5.75 Å². The van der Waals surface area contributed by atoms with Crippen molar-refractivity contribution in [1.82, 2.24) is 0 Å². The number of nitrogens with one attached hydrogen (secondary N) is 1. The summed E-state index contributed by atoms with van der Waals surface area (Å²) in [6.07, 6.45) is 0.921. The Balaban J connectivity index is 2.30. The highest BCUT2D eigenvalue weighted by molar-refractivity contribution is 5.54. The molecule has 2 N–H and O–H groups in total. The molecule has 0 radical (unpaired) electrons. The van der Waals surface area contributed by atoms with Crippen LogP contribution in [0, 0.1) is 0 Å². The van der Waals surface area contributed by atoms with E-state index in [0.29, 0.717) is 11.7 Å². The Bertz CT molecular complexity index is 563. The van der Waals surface area contributed by atoms with Crippen molar-refractivity contribution in [3.63, 3.8) is 0 Å². The van der Waals surface area contributed by atoms with Crippen LogP contribution in [0.15, 0.2) is 48.5 Å². The lowest BCUT2D eigenvalue weighted by Crippen LogP contribution is -2.11. The smallest absolute Gasteiger partial charge is 0.120 e. The maximum absolute atomic E-state index is 10.0. The van der Waals surface area contributed by atoms with Gasteiger partial charge in [-0.3, -0.25) is 0 Å². The molecule has 2 rings (SSSR count). The molecule has 0 aliphatic carbocycles. The summed E-state index contributed by atoms with van der Waals surface area (Å²) < 4.78 is 0. The van der Waals surface area contributed by atoms with E-state index in [9.17, 15) is 5.11 Å². The summed E-state index contributed by atoms with van der Waals surface area (Å²) in [4.78, 5) is 0. The van der Waals surface area contributed by atoms with Gasteiger partial charge in [0.15, 0.2) is 0 Å². The number of hydrogen-bond donors (Lipinski definition) is 2. The summed E-state index contributed by atoms with van der Waals surface area (Å²) in [6.45, 7) is 6.52. The van der Waals surface area contributed by atoms with Gasteiger partial charge >= 0.3 is 0 Å². The van der Waals surface area contributed by atoms with Crippen LogP contribution in [0.3, 0.4) is 0 Å². The molecule has 0 spiro atoms. The number of para-hydroxylation sites is 2. The van der Waals surface area contributed by atoms with Crippen molar-refractivity contribution in [2.24, 2.45) is 0 Å². The van der Waals surface area contributed by atoms with Crippen LogP contribution in [0.1, 0.15) is 50.3 Å². The zero-order valence-corrected chi connectivity index (χ0v) is 12.4. The second-order valence-electron chi connectivity index (χ2n) is 5.41. The monoisotopic (exact) mass is 269 g/mol. The first-order valence-electron chi connectivity index (χ1n) is 7.26. The molecule has 2 aromatic carbocycles. The molecule has 0 amide bonds. The number of phenolic OH excluding ortho intramolecular Hbond substituents is 1. The van der Waals surface area contributed by atoms with E-state index in [2.05, 4.69) is 44.3 Å². The van der Waals surface area contributed by atoms with E-state index in [4.69, 9.17) is 0 Å². The lowest BCUT2D eigenvalue weighted by molar-refractivity contribution is 0.462. The molecule has 0 fully saturated rings. The summed E-state index contributed by atoms with van der Waals surface area (Å²) in [5, 5.41) is 13.6. The van der Waals surface area contributed by atoms with Gasteiger partial charge in [-0.1, -0.05) is 57.2 Å². The topological polar surface area (TPSA) is 32.3 Å². The lowest BCUT2D eigenvalue weighted by Gasteiger charge is -2.22. The summed E-state index contributed by atoms with van der Waals surface area (Å²) in [5.74, 6) is 0.828. The first-order chi connectivity index (χ1) is 9.63. The third-order valence-corrected chi connectivity index (χ3v) is 3.63. The lowest BCUT2D eigenvalue weighted by atomic mass is 9.98. The molecular formula is C18H23NO. The van der Waals surface area contributed by atoms with Crippen LogP contribution >= 0.6 is 0 Å². The fourth-order valence-corrected chi connectivity index (χ4v) is 2.50. The van der Waals surface area contributed by atoms with Crippen LogP contribution in [-0.2, 0) is 0 Å². The van der Waals surface area contributed by atoms with Crippen LogP contribution < -0.4 is 5.32 Å². The van der Waals surface area contributed by atoms with E-state index >= 15 is 0 Å². The fourth-order valence-electron chi connectivity index (χ4n) is 2.50. The van der Waals surface area contributed by atoms with Crippen molar-refractivity contribution in [2.45, 2.75) is 39.2 Å². The number of hydrogen-bond acceptors (Lipinski definition) is 2. The molecule has 0 saturated carbocycles. The van der Waals surface area contributed by atoms with Crippen molar-refractivity contribution < 1.29 is 5.11 Å². The zero-order chi connectivity index (χ0) is 14.5. The maximum Gasteiger partial charge on any atom is 0.120 e. The van der Waals surface area contributed by atoms with Crippen molar-refractivity contribution in [1.29, 1.82) is 0 Å². The molecule has 2 heteroatoms. The van der Waals surface area contributed by atoms with Gasteiger partial charge in [0.1, 0.15) is 5.75 Å². The SMILES string of the molecule is CCC(Nc1ccccc1C(C)C)c1ccccc1O. The standard InChI is InChI=1S/C18H23NO/c1-4-16(15-10-6-8-12-18(15)20)19-17-11-7-5-9-14(17)13(2)3/h5-13,16,19-20H,4H2,1-3H3. The van der Waals surface area contributed by atoms with Crippen molar-refractivity contribution >= 4 is 5.69 Å². The minimum absolute atomic E-state index is 0.121. The third-order valence-electron chi connectivity index (χ3n) is 3.63. The molecular weight excluding hydrogens is 246 g/mol. The predicted molar refractivity (Wildman–Crippen MR) is 85.3 cm³/mol. The molecule has 20 heavy (non-hydrogen) atoms. The molecule has 106 valence electrons. The predicted octanol–water partition coefficient (Wildman–Crippen LogP) is 5.08. The van der Waals surface area contributed by atoms with Gasteiger partial charge in [0, 0.05) is 11.3 Å². The number of benzene rings is 2. The number of anilines is 1. The summed E-state index contributed by atoms with van der Waals surface area (Å²) >= 11 is 0. The molecule has 0 aliphatic heterocycles. The summed E-state index contributed by atoms with van der Waals surface area (Å²) in [7, 11) is 0. The normalized spacial score (nSPS) is 12.4. The van der Waals surface area contributed by atoms with Crippen LogP contribution in [0.25, 0.3) is 0 Å². The minimum Gasteiger partial charge on any atom is -0.508 e. The first kappa shape index (κ1) is 14.4. The van der Waals surface area contributed by atoms with E-state index in [1.807, 2.05) is 24.3 Å². The van der Waals surface area contributed by atoms with E-state index < -0.39 is 0 Å². The quantitative estimate of drug-likeness (QED) is 0.793. The van der Waals surface area contributed by atoms with Gasteiger partial charge in [0.05, 0.1) is 6.04 Å². The maximum atomic E-state index is 10.0. The summed E-state index contributed by atoms with van der Waals surface area (Å²) in [6, 6.07) is 16.1. The molecule has 1 atom stereocenters. The number of rotatable bonds is 5. The van der Waals surface area contributed by atoms with Gasteiger partial charge in [0.2, 0.25) is 0 Å². The van der Waals surface area contributed by atoms with Gasteiger partial charge in [-0.05, 0) is 30.0 Å².